The van der Waals surface area contributed by atoms with Gasteiger partial charge in [0.05, 0.1) is 13.1 Å². The smallest absolute Gasteiger partial charge is 0.317 e. The highest BCUT2D eigenvalue weighted by Gasteiger charge is 2.19. The molecule has 3 rings (SSSR count). The zero-order chi connectivity index (χ0) is 19.9. The fourth-order valence-electron chi connectivity index (χ4n) is 3.16. The van der Waals surface area contributed by atoms with Gasteiger partial charge in [-0.25, -0.2) is 4.79 Å². The van der Waals surface area contributed by atoms with E-state index in [2.05, 4.69) is 10.6 Å². The normalized spacial score (nSPS) is 13.1. The highest BCUT2D eigenvalue weighted by molar-refractivity contribution is 5.90. The van der Waals surface area contributed by atoms with Crippen molar-refractivity contribution in [3.05, 3.63) is 59.2 Å². The molecule has 0 saturated carbocycles. The Kier molecular flexibility index (Phi) is 6.53. The van der Waals surface area contributed by atoms with Gasteiger partial charge < -0.3 is 20.3 Å². The minimum atomic E-state index is -0.0816. The maximum atomic E-state index is 12.2. The quantitative estimate of drug-likeness (QED) is 0.833. The summed E-state index contributed by atoms with van der Waals surface area (Å²) < 4.78 is 5.78. The van der Waals surface area contributed by atoms with Gasteiger partial charge in [-0.2, -0.15) is 0 Å². The average molecular weight is 381 g/mol. The summed E-state index contributed by atoms with van der Waals surface area (Å²) in [5, 5.41) is 5.76. The molecular weight excluding hydrogens is 354 g/mol. The van der Waals surface area contributed by atoms with E-state index in [0.29, 0.717) is 39.1 Å². The summed E-state index contributed by atoms with van der Waals surface area (Å²) in [6, 6.07) is 13.6. The SMILES string of the molecule is CCNC(=O)N1CCOc2ccc(CCC(=O)Nc3ccc(C)cc3)cc2C1. The Morgan fingerprint density at radius 3 is 2.68 bits per heavy atom. The lowest BCUT2D eigenvalue weighted by atomic mass is 10.0. The lowest BCUT2D eigenvalue weighted by molar-refractivity contribution is -0.116. The third-order valence-corrected chi connectivity index (χ3v) is 4.70. The lowest BCUT2D eigenvalue weighted by Crippen LogP contribution is -2.40. The van der Waals surface area contributed by atoms with Crippen LogP contribution in [0.3, 0.4) is 0 Å². The predicted molar refractivity (Wildman–Crippen MR) is 110 cm³/mol. The summed E-state index contributed by atoms with van der Waals surface area (Å²) in [5.74, 6) is 0.790. The van der Waals surface area contributed by atoms with Crippen LogP contribution < -0.4 is 15.4 Å². The van der Waals surface area contributed by atoms with Crippen LogP contribution >= 0.6 is 0 Å². The van der Waals surface area contributed by atoms with Crippen molar-refractivity contribution in [2.24, 2.45) is 0 Å². The number of rotatable bonds is 5. The van der Waals surface area contributed by atoms with Crippen molar-refractivity contribution in [1.29, 1.82) is 0 Å². The molecule has 6 heteroatoms. The molecule has 2 N–H and O–H groups in total. The molecule has 0 bridgehead atoms. The molecule has 1 aliphatic heterocycles. The molecule has 3 amide bonds. The Bertz CT molecular complexity index is 833. The largest absolute Gasteiger partial charge is 0.491 e. The van der Waals surface area contributed by atoms with Crippen LogP contribution in [0.2, 0.25) is 0 Å². The number of urea groups is 1. The van der Waals surface area contributed by atoms with Crippen molar-refractivity contribution in [1.82, 2.24) is 10.2 Å². The topological polar surface area (TPSA) is 70.7 Å². The van der Waals surface area contributed by atoms with E-state index >= 15 is 0 Å². The van der Waals surface area contributed by atoms with E-state index in [4.69, 9.17) is 4.74 Å². The monoisotopic (exact) mass is 381 g/mol. The molecule has 2 aromatic rings. The molecule has 28 heavy (non-hydrogen) atoms. The molecule has 6 nitrogen and oxygen atoms in total. The van der Waals surface area contributed by atoms with E-state index in [1.165, 1.54) is 0 Å². The fraction of sp³-hybridized carbons (Fsp3) is 0.364. The third-order valence-electron chi connectivity index (χ3n) is 4.70. The van der Waals surface area contributed by atoms with Gasteiger partial charge in [-0.1, -0.05) is 29.8 Å². The molecule has 148 valence electrons. The molecular formula is C22H27N3O3. The van der Waals surface area contributed by atoms with E-state index in [0.717, 1.165) is 28.1 Å². The molecule has 0 unspecified atom stereocenters. The lowest BCUT2D eigenvalue weighted by Gasteiger charge is -2.20. The number of carbonyl (C=O) groups is 2. The minimum absolute atomic E-state index is 0.0148. The van der Waals surface area contributed by atoms with Crippen LogP contribution in [-0.2, 0) is 17.8 Å². The Morgan fingerprint density at radius 1 is 1.14 bits per heavy atom. The first-order valence-electron chi connectivity index (χ1n) is 9.69. The van der Waals surface area contributed by atoms with Crippen molar-refractivity contribution >= 4 is 17.6 Å². The van der Waals surface area contributed by atoms with E-state index in [9.17, 15) is 9.59 Å². The number of hydrogen-bond donors (Lipinski definition) is 2. The summed E-state index contributed by atoms with van der Waals surface area (Å²) in [6.07, 6.45) is 1.03. The van der Waals surface area contributed by atoms with Crippen molar-refractivity contribution in [2.75, 3.05) is 25.0 Å². The van der Waals surface area contributed by atoms with Crippen molar-refractivity contribution < 1.29 is 14.3 Å². The summed E-state index contributed by atoms with van der Waals surface area (Å²) in [7, 11) is 0. The average Bonchev–Trinajstić information content (AvgIpc) is 2.90. The van der Waals surface area contributed by atoms with Crippen LogP contribution in [0, 0.1) is 6.92 Å². The molecule has 0 atom stereocenters. The van der Waals surface area contributed by atoms with Crippen LogP contribution in [-0.4, -0.2) is 36.5 Å². The number of amides is 3. The van der Waals surface area contributed by atoms with Crippen LogP contribution in [0.25, 0.3) is 0 Å². The van der Waals surface area contributed by atoms with Gasteiger partial charge in [0.1, 0.15) is 12.4 Å². The first-order valence-corrected chi connectivity index (χ1v) is 9.69. The number of hydrogen-bond acceptors (Lipinski definition) is 3. The number of anilines is 1. The zero-order valence-corrected chi connectivity index (χ0v) is 16.5. The Hall–Kier alpha value is -3.02. The zero-order valence-electron chi connectivity index (χ0n) is 16.5. The number of aryl methyl sites for hydroxylation is 2. The molecule has 0 radical (unpaired) electrons. The van der Waals surface area contributed by atoms with Crippen LogP contribution in [0.15, 0.2) is 42.5 Å². The molecule has 0 aliphatic carbocycles. The summed E-state index contributed by atoms with van der Waals surface area (Å²) in [4.78, 5) is 26.1. The fourth-order valence-corrected chi connectivity index (χ4v) is 3.16. The molecule has 0 fully saturated rings. The number of nitrogens with zero attached hydrogens (tertiary/aromatic N) is 1. The van der Waals surface area contributed by atoms with Crippen LogP contribution in [0.5, 0.6) is 5.75 Å². The first-order chi connectivity index (χ1) is 13.5. The third kappa shape index (κ3) is 5.25. The molecule has 0 spiro atoms. The second-order valence-corrected chi connectivity index (χ2v) is 6.96. The van der Waals surface area contributed by atoms with Gasteiger partial charge in [0.2, 0.25) is 5.91 Å². The highest BCUT2D eigenvalue weighted by Crippen LogP contribution is 2.25. The second-order valence-electron chi connectivity index (χ2n) is 6.96. The minimum Gasteiger partial charge on any atom is -0.491 e. The van der Waals surface area contributed by atoms with Gasteiger partial charge in [-0.3, -0.25) is 4.79 Å². The Morgan fingerprint density at radius 2 is 1.93 bits per heavy atom. The van der Waals surface area contributed by atoms with Crippen molar-refractivity contribution in [2.45, 2.75) is 33.2 Å². The van der Waals surface area contributed by atoms with Gasteiger partial charge in [0.25, 0.3) is 0 Å². The number of nitrogens with one attached hydrogen (secondary N) is 2. The van der Waals surface area contributed by atoms with E-state index in [1.54, 1.807) is 4.90 Å². The van der Waals surface area contributed by atoms with Gasteiger partial charge in [0, 0.05) is 24.2 Å². The Balaban J connectivity index is 1.60. The molecule has 0 aromatic heterocycles. The van der Waals surface area contributed by atoms with Crippen LogP contribution in [0.4, 0.5) is 10.5 Å². The van der Waals surface area contributed by atoms with Crippen LogP contribution in [0.1, 0.15) is 30.0 Å². The van der Waals surface area contributed by atoms with Gasteiger partial charge in [-0.15, -0.1) is 0 Å². The molecule has 1 aliphatic rings. The van der Waals surface area contributed by atoms with Crippen molar-refractivity contribution in [3.8, 4) is 5.75 Å². The standard InChI is InChI=1S/C22H27N3O3/c1-3-23-22(27)25-12-13-28-20-10-6-17(14-18(20)15-25)7-11-21(26)24-19-8-4-16(2)5-9-19/h4-6,8-10,14H,3,7,11-13,15H2,1-2H3,(H,23,27)(H,24,26). The molecule has 0 saturated heterocycles. The maximum absolute atomic E-state index is 12.2. The number of ether oxygens (including phenoxy) is 1. The first kappa shape index (κ1) is 19.7. The molecule has 1 heterocycles. The van der Waals surface area contributed by atoms with E-state index in [1.807, 2.05) is 56.3 Å². The second kappa shape index (κ2) is 9.26. The Labute approximate surface area is 165 Å². The summed E-state index contributed by atoms with van der Waals surface area (Å²) in [5.41, 5.74) is 4.00. The number of benzene rings is 2. The predicted octanol–water partition coefficient (Wildman–Crippen LogP) is 3.49. The highest BCUT2D eigenvalue weighted by atomic mass is 16.5. The van der Waals surface area contributed by atoms with E-state index < -0.39 is 0 Å². The molecule has 2 aromatic carbocycles. The van der Waals surface area contributed by atoms with Gasteiger partial charge >= 0.3 is 6.03 Å². The number of carbonyl (C=O) groups excluding carboxylic acids is 2. The van der Waals surface area contributed by atoms with Gasteiger partial charge in [0.15, 0.2) is 0 Å². The summed E-state index contributed by atoms with van der Waals surface area (Å²) >= 11 is 0. The van der Waals surface area contributed by atoms with E-state index in [-0.39, 0.29) is 11.9 Å². The number of fused-ring (bicyclic) bond motifs is 1. The maximum Gasteiger partial charge on any atom is 0.317 e. The van der Waals surface area contributed by atoms with Crippen molar-refractivity contribution in [3.63, 3.8) is 0 Å². The van der Waals surface area contributed by atoms with Gasteiger partial charge in [-0.05, 0) is 44.0 Å². The summed E-state index contributed by atoms with van der Waals surface area (Å²) in [6.45, 7) is 6.04.